The number of thiophene rings is 1. The maximum Gasteiger partial charge on any atom is 0.240 e. The Balaban J connectivity index is 1.98. The van der Waals surface area contributed by atoms with Crippen LogP contribution in [0.1, 0.15) is 31.1 Å². The normalized spacial score (nSPS) is 19.5. The van der Waals surface area contributed by atoms with Crippen LogP contribution < -0.4 is 0 Å². The van der Waals surface area contributed by atoms with Crippen LogP contribution in [0.25, 0.3) is 0 Å². The van der Waals surface area contributed by atoms with Crippen LogP contribution in [0.5, 0.6) is 0 Å². The predicted molar refractivity (Wildman–Crippen MR) is 89.5 cm³/mol. The SMILES string of the molecule is CCCS(=O)(=O)N1CCCC1C(=O)N(C)CCc1cccs1. The molecule has 22 heavy (non-hydrogen) atoms. The fourth-order valence-electron chi connectivity index (χ4n) is 2.79. The van der Waals surface area contributed by atoms with Gasteiger partial charge in [0.15, 0.2) is 0 Å². The molecular weight excluding hydrogens is 320 g/mol. The Bertz CT molecular complexity index is 584. The average Bonchev–Trinajstić information content (AvgIpc) is 3.15. The van der Waals surface area contributed by atoms with Gasteiger partial charge in [0.1, 0.15) is 6.04 Å². The van der Waals surface area contributed by atoms with Crippen LogP contribution in [0.4, 0.5) is 0 Å². The third-order valence-corrected chi connectivity index (χ3v) is 6.97. The van der Waals surface area contributed by atoms with E-state index in [2.05, 4.69) is 6.07 Å². The van der Waals surface area contributed by atoms with E-state index in [1.54, 1.807) is 23.3 Å². The van der Waals surface area contributed by atoms with Gasteiger partial charge in [0.25, 0.3) is 0 Å². The third-order valence-electron chi connectivity index (χ3n) is 3.96. The number of hydrogen-bond donors (Lipinski definition) is 0. The second-order valence-corrected chi connectivity index (χ2v) is 8.75. The highest BCUT2D eigenvalue weighted by atomic mass is 32.2. The Labute approximate surface area is 137 Å². The number of likely N-dealkylation sites (N-methyl/N-ethyl adjacent to an activating group) is 1. The first kappa shape index (κ1) is 17.4. The minimum absolute atomic E-state index is 0.0752. The molecule has 1 unspecified atom stereocenters. The van der Waals surface area contributed by atoms with Gasteiger partial charge in [-0.2, -0.15) is 4.31 Å². The number of hydrogen-bond acceptors (Lipinski definition) is 4. The molecule has 7 heteroatoms. The summed E-state index contributed by atoms with van der Waals surface area (Å²) < 4.78 is 26.0. The lowest BCUT2D eigenvalue weighted by Gasteiger charge is -2.27. The number of amides is 1. The van der Waals surface area contributed by atoms with Crippen molar-refractivity contribution in [3.05, 3.63) is 22.4 Å². The second kappa shape index (κ2) is 7.57. The lowest BCUT2D eigenvalue weighted by Crippen LogP contribution is -2.47. The van der Waals surface area contributed by atoms with Gasteiger partial charge < -0.3 is 4.90 Å². The van der Waals surface area contributed by atoms with Gasteiger partial charge in [-0.15, -0.1) is 11.3 Å². The zero-order chi connectivity index (χ0) is 16.2. The van der Waals surface area contributed by atoms with Gasteiger partial charge in [0.05, 0.1) is 5.75 Å². The molecule has 5 nitrogen and oxygen atoms in total. The van der Waals surface area contributed by atoms with E-state index in [0.717, 1.165) is 12.8 Å². The highest BCUT2D eigenvalue weighted by Gasteiger charge is 2.39. The first-order valence-corrected chi connectivity index (χ1v) is 10.2. The molecular formula is C15H24N2O3S2. The van der Waals surface area contributed by atoms with Crippen LogP contribution in [0, 0.1) is 0 Å². The fourth-order valence-corrected chi connectivity index (χ4v) is 5.23. The average molecular weight is 345 g/mol. The first-order chi connectivity index (χ1) is 10.5. The molecule has 0 N–H and O–H groups in total. The number of rotatable bonds is 7. The van der Waals surface area contributed by atoms with Gasteiger partial charge in [-0.1, -0.05) is 13.0 Å². The zero-order valence-corrected chi connectivity index (χ0v) is 14.8. The Morgan fingerprint density at radius 1 is 1.50 bits per heavy atom. The number of nitrogens with zero attached hydrogens (tertiary/aromatic N) is 2. The molecule has 1 fully saturated rings. The van der Waals surface area contributed by atoms with Crippen LogP contribution >= 0.6 is 11.3 Å². The molecule has 2 rings (SSSR count). The largest absolute Gasteiger partial charge is 0.344 e. The van der Waals surface area contributed by atoms with Crippen LogP contribution in [-0.4, -0.2) is 55.5 Å². The molecule has 1 aliphatic rings. The van der Waals surface area contributed by atoms with Crippen molar-refractivity contribution >= 4 is 27.3 Å². The smallest absolute Gasteiger partial charge is 0.240 e. The monoisotopic (exact) mass is 344 g/mol. The van der Waals surface area contributed by atoms with Crippen LogP contribution in [0.2, 0.25) is 0 Å². The summed E-state index contributed by atoms with van der Waals surface area (Å²) in [5.41, 5.74) is 0. The number of sulfonamides is 1. The molecule has 1 atom stereocenters. The Morgan fingerprint density at radius 3 is 2.91 bits per heavy atom. The lowest BCUT2D eigenvalue weighted by atomic mass is 10.2. The summed E-state index contributed by atoms with van der Waals surface area (Å²) >= 11 is 1.68. The molecule has 0 saturated carbocycles. The highest BCUT2D eigenvalue weighted by molar-refractivity contribution is 7.89. The Morgan fingerprint density at radius 2 is 2.27 bits per heavy atom. The molecule has 1 saturated heterocycles. The zero-order valence-electron chi connectivity index (χ0n) is 13.2. The van der Waals surface area contributed by atoms with Gasteiger partial charge in [-0.3, -0.25) is 4.79 Å². The predicted octanol–water partition coefficient (Wildman–Crippen LogP) is 1.95. The van der Waals surface area contributed by atoms with Crippen molar-refractivity contribution in [2.45, 2.75) is 38.6 Å². The molecule has 1 aliphatic heterocycles. The van der Waals surface area contributed by atoms with E-state index in [1.807, 2.05) is 18.4 Å². The van der Waals surface area contributed by atoms with E-state index in [4.69, 9.17) is 0 Å². The van der Waals surface area contributed by atoms with E-state index in [1.165, 1.54) is 9.18 Å². The summed E-state index contributed by atoms with van der Waals surface area (Å²) in [6.07, 6.45) is 2.78. The summed E-state index contributed by atoms with van der Waals surface area (Å²) in [4.78, 5) is 15.5. The minimum Gasteiger partial charge on any atom is -0.344 e. The van der Waals surface area contributed by atoms with Gasteiger partial charge in [0.2, 0.25) is 15.9 Å². The maximum atomic E-state index is 12.6. The van der Waals surface area contributed by atoms with Crippen LogP contribution in [-0.2, 0) is 21.2 Å². The second-order valence-electron chi connectivity index (χ2n) is 5.67. The van der Waals surface area contributed by atoms with E-state index in [0.29, 0.717) is 25.9 Å². The lowest BCUT2D eigenvalue weighted by molar-refractivity contribution is -0.133. The third kappa shape index (κ3) is 4.08. The summed E-state index contributed by atoms with van der Waals surface area (Å²) in [6, 6.07) is 3.54. The summed E-state index contributed by atoms with van der Waals surface area (Å²) in [5.74, 6) is 0.0455. The Hall–Kier alpha value is -0.920. The number of carbonyl (C=O) groups excluding carboxylic acids is 1. The summed E-state index contributed by atoms with van der Waals surface area (Å²) in [5, 5.41) is 2.02. The molecule has 0 radical (unpaired) electrons. The quantitative estimate of drug-likeness (QED) is 0.760. The minimum atomic E-state index is -3.31. The molecule has 0 aromatic carbocycles. The molecule has 0 aliphatic carbocycles. The van der Waals surface area contributed by atoms with Crippen LogP contribution in [0.3, 0.4) is 0 Å². The summed E-state index contributed by atoms with van der Waals surface area (Å²) in [6.45, 7) is 2.94. The molecule has 0 spiro atoms. The molecule has 1 aromatic heterocycles. The molecule has 1 aromatic rings. The molecule has 2 heterocycles. The van der Waals surface area contributed by atoms with Gasteiger partial charge in [-0.05, 0) is 37.1 Å². The fraction of sp³-hybridized carbons (Fsp3) is 0.667. The molecule has 124 valence electrons. The molecule has 1 amide bonds. The molecule has 0 bridgehead atoms. The van der Waals surface area contributed by atoms with Crippen molar-refractivity contribution in [3.63, 3.8) is 0 Å². The van der Waals surface area contributed by atoms with E-state index in [-0.39, 0.29) is 11.7 Å². The van der Waals surface area contributed by atoms with Gasteiger partial charge >= 0.3 is 0 Å². The summed E-state index contributed by atoms with van der Waals surface area (Å²) in [7, 11) is -1.55. The number of carbonyl (C=O) groups is 1. The van der Waals surface area contributed by atoms with E-state index < -0.39 is 16.1 Å². The first-order valence-electron chi connectivity index (χ1n) is 7.72. The van der Waals surface area contributed by atoms with Crippen molar-refractivity contribution in [3.8, 4) is 0 Å². The maximum absolute atomic E-state index is 12.6. The van der Waals surface area contributed by atoms with Crippen molar-refractivity contribution in [2.24, 2.45) is 0 Å². The van der Waals surface area contributed by atoms with Crippen molar-refractivity contribution in [1.29, 1.82) is 0 Å². The van der Waals surface area contributed by atoms with Crippen molar-refractivity contribution < 1.29 is 13.2 Å². The van der Waals surface area contributed by atoms with Crippen molar-refractivity contribution in [2.75, 3.05) is 25.9 Å². The highest BCUT2D eigenvalue weighted by Crippen LogP contribution is 2.23. The van der Waals surface area contributed by atoms with Gasteiger partial charge in [-0.25, -0.2) is 8.42 Å². The van der Waals surface area contributed by atoms with Crippen molar-refractivity contribution in [1.82, 2.24) is 9.21 Å². The topological polar surface area (TPSA) is 57.7 Å². The van der Waals surface area contributed by atoms with E-state index >= 15 is 0 Å². The van der Waals surface area contributed by atoms with E-state index in [9.17, 15) is 13.2 Å². The van der Waals surface area contributed by atoms with Crippen LogP contribution in [0.15, 0.2) is 17.5 Å². The standard InChI is InChI=1S/C15H24N2O3S2/c1-3-12-22(19,20)17-9-4-7-14(17)15(18)16(2)10-8-13-6-5-11-21-13/h5-6,11,14H,3-4,7-10,12H2,1-2H3. The Kier molecular flexibility index (Phi) is 6.00. The van der Waals surface area contributed by atoms with Gasteiger partial charge in [0, 0.05) is 25.0 Å².